The molecule has 7 heteroatoms. The van der Waals surface area contributed by atoms with Crippen molar-refractivity contribution >= 4 is 17.4 Å². The van der Waals surface area contributed by atoms with Crippen LogP contribution >= 0.6 is 0 Å². The Balaban J connectivity index is 1.59. The lowest BCUT2D eigenvalue weighted by Crippen LogP contribution is -2.33. The molecule has 1 fully saturated rings. The largest absolute Gasteiger partial charge is 0.454 e. The predicted molar refractivity (Wildman–Crippen MR) is 83.0 cm³/mol. The summed E-state index contributed by atoms with van der Waals surface area (Å²) in [4.78, 5) is 23.8. The monoisotopic (exact) mass is 320 g/mol. The third kappa shape index (κ3) is 3.80. The lowest BCUT2D eigenvalue weighted by atomic mass is 10.1. The second-order valence-electron chi connectivity index (χ2n) is 5.62. The van der Waals surface area contributed by atoms with Gasteiger partial charge in [-0.05, 0) is 25.8 Å². The van der Waals surface area contributed by atoms with E-state index in [4.69, 9.17) is 14.2 Å². The van der Waals surface area contributed by atoms with Gasteiger partial charge in [0.05, 0.1) is 18.3 Å². The lowest BCUT2D eigenvalue weighted by Gasteiger charge is -2.13. The maximum absolute atomic E-state index is 12.1. The number of hydrogen-bond donors (Lipinski definition) is 2. The van der Waals surface area contributed by atoms with Crippen molar-refractivity contribution in [3.63, 3.8) is 0 Å². The number of Topliss-reactive ketones (excluding diaryl/α,β-unsaturated/α-hetero) is 1. The van der Waals surface area contributed by atoms with E-state index >= 15 is 0 Å². The number of hydrogen-bond acceptors (Lipinski definition) is 6. The molecule has 3 rings (SSSR count). The molecule has 2 aliphatic heterocycles. The Bertz CT molecular complexity index is 611. The van der Waals surface area contributed by atoms with Crippen LogP contribution in [0.4, 0.5) is 5.69 Å². The minimum atomic E-state index is -0.218. The summed E-state index contributed by atoms with van der Waals surface area (Å²) >= 11 is 0. The first-order chi connectivity index (χ1) is 11.1. The third-order valence-electron chi connectivity index (χ3n) is 3.85. The van der Waals surface area contributed by atoms with Crippen molar-refractivity contribution in [3.05, 3.63) is 17.7 Å². The Morgan fingerprint density at radius 3 is 2.74 bits per heavy atom. The van der Waals surface area contributed by atoms with Gasteiger partial charge in [-0.15, -0.1) is 0 Å². The zero-order chi connectivity index (χ0) is 16.2. The molecule has 1 aromatic carbocycles. The van der Waals surface area contributed by atoms with Gasteiger partial charge in [0.15, 0.2) is 17.3 Å². The van der Waals surface area contributed by atoms with Gasteiger partial charge in [0.1, 0.15) is 0 Å². The van der Waals surface area contributed by atoms with E-state index < -0.39 is 0 Å². The molecule has 124 valence electrons. The Hall–Kier alpha value is -2.12. The number of nitrogens with one attached hydrogen (secondary N) is 2. The van der Waals surface area contributed by atoms with Crippen molar-refractivity contribution in [2.45, 2.75) is 25.9 Å². The van der Waals surface area contributed by atoms with E-state index in [9.17, 15) is 9.59 Å². The van der Waals surface area contributed by atoms with E-state index in [-0.39, 0.29) is 31.1 Å². The van der Waals surface area contributed by atoms with Crippen LogP contribution in [-0.4, -0.2) is 44.3 Å². The van der Waals surface area contributed by atoms with Crippen molar-refractivity contribution in [1.82, 2.24) is 5.32 Å². The number of ketones is 1. The highest BCUT2D eigenvalue weighted by molar-refractivity contribution is 6.05. The average Bonchev–Trinajstić information content (AvgIpc) is 3.16. The quantitative estimate of drug-likeness (QED) is 0.769. The highest BCUT2D eigenvalue weighted by Gasteiger charge is 2.20. The molecule has 0 saturated carbocycles. The van der Waals surface area contributed by atoms with Gasteiger partial charge in [0.2, 0.25) is 12.7 Å². The number of amides is 1. The second kappa shape index (κ2) is 6.97. The standard InChI is InChI=1S/C16H20N2O5/c1-10(19)12-5-14-15(23-9-22-14)6-13(12)18-16(20)8-17-7-11-3-2-4-21-11/h5-6,11,17H,2-4,7-9H2,1H3,(H,18,20). The van der Waals surface area contributed by atoms with Gasteiger partial charge in [0, 0.05) is 24.8 Å². The number of benzene rings is 1. The molecule has 2 N–H and O–H groups in total. The number of ether oxygens (including phenoxy) is 3. The summed E-state index contributed by atoms with van der Waals surface area (Å²) in [5, 5.41) is 5.82. The Morgan fingerprint density at radius 2 is 2.04 bits per heavy atom. The van der Waals surface area contributed by atoms with Gasteiger partial charge < -0.3 is 24.8 Å². The summed E-state index contributed by atoms with van der Waals surface area (Å²) in [6, 6.07) is 3.22. The van der Waals surface area contributed by atoms with Crippen LogP contribution in [0.3, 0.4) is 0 Å². The van der Waals surface area contributed by atoms with Crippen molar-refractivity contribution in [1.29, 1.82) is 0 Å². The molecule has 0 spiro atoms. The molecule has 0 radical (unpaired) electrons. The maximum Gasteiger partial charge on any atom is 0.238 e. The maximum atomic E-state index is 12.1. The Labute approximate surface area is 134 Å². The SMILES string of the molecule is CC(=O)c1cc2c(cc1NC(=O)CNCC1CCCO1)OCO2. The molecule has 1 saturated heterocycles. The molecule has 1 unspecified atom stereocenters. The first-order valence-corrected chi connectivity index (χ1v) is 7.70. The Kier molecular flexibility index (Phi) is 4.78. The van der Waals surface area contributed by atoms with Crippen LogP contribution in [0.25, 0.3) is 0 Å². The molecule has 0 aromatic heterocycles. The molecule has 0 bridgehead atoms. The van der Waals surface area contributed by atoms with E-state index in [1.165, 1.54) is 6.92 Å². The predicted octanol–water partition coefficient (Wildman–Crippen LogP) is 1.32. The van der Waals surface area contributed by atoms with Gasteiger partial charge in [-0.3, -0.25) is 9.59 Å². The fourth-order valence-electron chi connectivity index (χ4n) is 2.68. The summed E-state index contributed by atoms with van der Waals surface area (Å²) in [6.07, 6.45) is 2.27. The minimum absolute atomic E-state index is 0.118. The molecule has 2 heterocycles. The van der Waals surface area contributed by atoms with Gasteiger partial charge in [0.25, 0.3) is 0 Å². The van der Waals surface area contributed by atoms with Gasteiger partial charge in [-0.25, -0.2) is 0 Å². The van der Waals surface area contributed by atoms with Crippen LogP contribution in [0.5, 0.6) is 11.5 Å². The average molecular weight is 320 g/mol. The number of anilines is 1. The zero-order valence-electron chi connectivity index (χ0n) is 13.0. The number of carbonyl (C=O) groups is 2. The Morgan fingerprint density at radius 1 is 1.26 bits per heavy atom. The molecular weight excluding hydrogens is 300 g/mol. The molecule has 1 aromatic rings. The van der Waals surface area contributed by atoms with Crippen LogP contribution in [-0.2, 0) is 9.53 Å². The van der Waals surface area contributed by atoms with Gasteiger partial charge >= 0.3 is 0 Å². The topological polar surface area (TPSA) is 85.9 Å². The third-order valence-corrected chi connectivity index (χ3v) is 3.85. The van der Waals surface area contributed by atoms with Crippen LogP contribution in [0, 0.1) is 0 Å². The van der Waals surface area contributed by atoms with E-state index in [0.29, 0.717) is 29.3 Å². The van der Waals surface area contributed by atoms with Gasteiger partial charge in [-0.2, -0.15) is 0 Å². The minimum Gasteiger partial charge on any atom is -0.454 e. The molecule has 1 atom stereocenters. The van der Waals surface area contributed by atoms with Crippen LogP contribution in [0.2, 0.25) is 0 Å². The number of carbonyl (C=O) groups excluding carboxylic acids is 2. The number of rotatable bonds is 6. The van der Waals surface area contributed by atoms with E-state index in [1.807, 2.05) is 0 Å². The first kappa shape index (κ1) is 15.8. The highest BCUT2D eigenvalue weighted by atomic mass is 16.7. The van der Waals surface area contributed by atoms with Gasteiger partial charge in [-0.1, -0.05) is 0 Å². The van der Waals surface area contributed by atoms with Crippen molar-refractivity contribution in [2.24, 2.45) is 0 Å². The summed E-state index contributed by atoms with van der Waals surface area (Å²) in [5.74, 6) is 0.678. The van der Waals surface area contributed by atoms with Crippen molar-refractivity contribution in [3.8, 4) is 11.5 Å². The lowest BCUT2D eigenvalue weighted by molar-refractivity contribution is -0.115. The van der Waals surface area contributed by atoms with Crippen molar-refractivity contribution < 1.29 is 23.8 Å². The fraction of sp³-hybridized carbons (Fsp3) is 0.500. The fourth-order valence-corrected chi connectivity index (χ4v) is 2.68. The number of fused-ring (bicyclic) bond motifs is 1. The molecular formula is C16H20N2O5. The summed E-state index contributed by atoms with van der Waals surface area (Å²) in [7, 11) is 0. The van der Waals surface area contributed by atoms with Crippen LogP contribution in [0.1, 0.15) is 30.1 Å². The van der Waals surface area contributed by atoms with Crippen LogP contribution in [0.15, 0.2) is 12.1 Å². The normalized spacial score (nSPS) is 18.9. The van der Waals surface area contributed by atoms with Crippen molar-refractivity contribution in [2.75, 3.05) is 31.8 Å². The van der Waals surface area contributed by atoms with E-state index in [0.717, 1.165) is 19.4 Å². The molecule has 2 aliphatic rings. The summed E-state index contributed by atoms with van der Waals surface area (Å²) < 4.78 is 16.0. The highest BCUT2D eigenvalue weighted by Crippen LogP contribution is 2.37. The smallest absolute Gasteiger partial charge is 0.238 e. The first-order valence-electron chi connectivity index (χ1n) is 7.70. The molecule has 1 amide bonds. The van der Waals surface area contributed by atoms with Crippen LogP contribution < -0.4 is 20.1 Å². The van der Waals surface area contributed by atoms with E-state index in [1.54, 1.807) is 12.1 Å². The molecule has 7 nitrogen and oxygen atoms in total. The summed E-state index contributed by atoms with van der Waals surface area (Å²) in [6.45, 7) is 3.16. The molecule has 0 aliphatic carbocycles. The zero-order valence-corrected chi connectivity index (χ0v) is 13.0. The summed E-state index contributed by atoms with van der Waals surface area (Å²) in [5.41, 5.74) is 0.840. The van der Waals surface area contributed by atoms with E-state index in [2.05, 4.69) is 10.6 Å². The second-order valence-corrected chi connectivity index (χ2v) is 5.62. The molecule has 23 heavy (non-hydrogen) atoms.